The van der Waals surface area contributed by atoms with Gasteiger partial charge in [-0.1, -0.05) is 6.07 Å². The Kier molecular flexibility index (Phi) is 5.84. The summed E-state index contributed by atoms with van der Waals surface area (Å²) in [6.07, 6.45) is 1.85. The number of hydrogen-bond acceptors (Lipinski definition) is 5. The molecule has 0 spiro atoms. The van der Waals surface area contributed by atoms with Crippen LogP contribution in [0.25, 0.3) is 6.08 Å². The van der Waals surface area contributed by atoms with E-state index in [-0.39, 0.29) is 11.5 Å². The molecule has 0 bridgehead atoms. The summed E-state index contributed by atoms with van der Waals surface area (Å²) in [6.45, 7) is 4.34. The molecule has 0 aromatic heterocycles. The third-order valence-corrected chi connectivity index (χ3v) is 5.27. The number of thioether (sulfide) groups is 1. The molecule has 28 heavy (non-hydrogen) atoms. The van der Waals surface area contributed by atoms with Gasteiger partial charge in [0.1, 0.15) is 5.75 Å². The number of ether oxygens (including phenoxy) is 1. The van der Waals surface area contributed by atoms with Crippen molar-refractivity contribution >= 4 is 40.6 Å². The molecule has 2 aromatic rings. The molecule has 144 valence electrons. The number of methoxy groups -OCH3 is 1. The van der Waals surface area contributed by atoms with Gasteiger partial charge >= 0.3 is 5.97 Å². The zero-order chi connectivity index (χ0) is 20.3. The number of rotatable bonds is 5. The number of carbonyl (C=O) groups excluding carboxylic acids is 1. The molecule has 1 aliphatic heterocycles. The first-order valence-corrected chi connectivity index (χ1v) is 9.52. The fraction of sp³-hybridized carbons (Fsp3) is 0.190. The normalized spacial score (nSPS) is 16.8. The summed E-state index contributed by atoms with van der Waals surface area (Å²) in [5, 5.41) is 9.57. The third-order valence-electron chi connectivity index (χ3n) is 4.26. The lowest BCUT2D eigenvalue weighted by Crippen LogP contribution is -2.28. The highest BCUT2D eigenvalue weighted by Gasteiger charge is 2.32. The number of nitrogens with zero attached hydrogens (tertiary/aromatic N) is 2. The van der Waals surface area contributed by atoms with Crippen LogP contribution in [0.1, 0.15) is 28.4 Å². The van der Waals surface area contributed by atoms with E-state index in [4.69, 9.17) is 9.84 Å². The molecule has 1 aliphatic rings. The van der Waals surface area contributed by atoms with Gasteiger partial charge in [0.2, 0.25) is 0 Å². The maximum absolute atomic E-state index is 12.7. The topological polar surface area (TPSA) is 79.2 Å². The number of aryl methyl sites for hydroxylation is 1. The largest absolute Gasteiger partial charge is 0.496 e. The van der Waals surface area contributed by atoms with Crippen molar-refractivity contribution in [3.8, 4) is 5.75 Å². The number of amidine groups is 1. The summed E-state index contributed by atoms with van der Waals surface area (Å²) in [6, 6.07) is 12.0. The van der Waals surface area contributed by atoms with E-state index in [1.54, 1.807) is 24.1 Å². The van der Waals surface area contributed by atoms with Crippen LogP contribution >= 0.6 is 11.8 Å². The van der Waals surface area contributed by atoms with E-state index in [0.717, 1.165) is 16.9 Å². The summed E-state index contributed by atoms with van der Waals surface area (Å²) in [5.74, 6) is -0.281. The molecule has 0 unspecified atom stereocenters. The Hall–Kier alpha value is -3.06. The fourth-order valence-electron chi connectivity index (χ4n) is 2.80. The second-order valence-electron chi connectivity index (χ2n) is 6.14. The molecule has 0 atom stereocenters. The standard InChI is InChI=1S/C21H20N2O4S/c1-4-23-19(24)18(12-14-5-10-17(27-3)13(2)11-14)28-21(23)22-16-8-6-15(7-9-16)20(25)26/h5-12H,4H2,1-3H3,(H,25,26)/b18-12-,22-21?. The van der Waals surface area contributed by atoms with E-state index in [9.17, 15) is 9.59 Å². The molecule has 1 amide bonds. The zero-order valence-electron chi connectivity index (χ0n) is 15.8. The quantitative estimate of drug-likeness (QED) is 0.761. The monoisotopic (exact) mass is 396 g/mol. The molecule has 0 radical (unpaired) electrons. The first-order chi connectivity index (χ1) is 13.4. The van der Waals surface area contributed by atoms with Crippen LogP contribution in [-0.2, 0) is 4.79 Å². The van der Waals surface area contributed by atoms with Crippen LogP contribution in [0.5, 0.6) is 5.75 Å². The van der Waals surface area contributed by atoms with Gasteiger partial charge < -0.3 is 9.84 Å². The molecular weight excluding hydrogens is 376 g/mol. The lowest BCUT2D eigenvalue weighted by molar-refractivity contribution is -0.122. The molecule has 0 aliphatic carbocycles. The molecule has 3 rings (SSSR count). The Morgan fingerprint density at radius 1 is 1.25 bits per heavy atom. The van der Waals surface area contributed by atoms with Crippen LogP contribution in [0.3, 0.4) is 0 Å². The molecule has 0 saturated carbocycles. The van der Waals surface area contributed by atoms with E-state index >= 15 is 0 Å². The molecule has 1 fully saturated rings. The number of carbonyl (C=O) groups is 2. The average Bonchev–Trinajstić information content (AvgIpc) is 2.96. The van der Waals surface area contributed by atoms with Crippen molar-refractivity contribution in [2.45, 2.75) is 13.8 Å². The van der Waals surface area contributed by atoms with Gasteiger partial charge in [0.25, 0.3) is 5.91 Å². The van der Waals surface area contributed by atoms with Crippen molar-refractivity contribution < 1.29 is 19.4 Å². The Bertz CT molecular complexity index is 980. The Labute approximate surface area is 167 Å². The minimum Gasteiger partial charge on any atom is -0.496 e. The van der Waals surface area contributed by atoms with Gasteiger partial charge in [-0.3, -0.25) is 9.69 Å². The van der Waals surface area contributed by atoms with Gasteiger partial charge in [-0.05, 0) is 79.2 Å². The number of carboxylic acid groups (broad SMARTS) is 1. The van der Waals surface area contributed by atoms with Crippen molar-refractivity contribution in [1.29, 1.82) is 0 Å². The summed E-state index contributed by atoms with van der Waals surface area (Å²) in [7, 11) is 1.63. The van der Waals surface area contributed by atoms with E-state index in [0.29, 0.717) is 22.3 Å². The maximum atomic E-state index is 12.7. The van der Waals surface area contributed by atoms with Crippen molar-refractivity contribution in [3.63, 3.8) is 0 Å². The number of likely N-dealkylation sites (N-methyl/N-ethyl adjacent to an activating group) is 1. The van der Waals surface area contributed by atoms with Crippen LogP contribution in [0.4, 0.5) is 5.69 Å². The van der Waals surface area contributed by atoms with Crippen molar-refractivity contribution in [3.05, 3.63) is 64.1 Å². The van der Waals surface area contributed by atoms with Crippen molar-refractivity contribution in [1.82, 2.24) is 4.90 Å². The zero-order valence-corrected chi connectivity index (χ0v) is 16.6. The minimum absolute atomic E-state index is 0.0955. The smallest absolute Gasteiger partial charge is 0.335 e. The first kappa shape index (κ1) is 19.7. The average molecular weight is 396 g/mol. The van der Waals surface area contributed by atoms with Crippen molar-refractivity contribution in [2.24, 2.45) is 4.99 Å². The highest BCUT2D eigenvalue weighted by molar-refractivity contribution is 8.18. The van der Waals surface area contributed by atoms with Crippen LogP contribution in [-0.4, -0.2) is 40.7 Å². The number of carboxylic acids is 1. The highest BCUT2D eigenvalue weighted by atomic mass is 32.2. The number of benzene rings is 2. The molecule has 1 saturated heterocycles. The van der Waals surface area contributed by atoms with Gasteiger partial charge in [0.05, 0.1) is 23.3 Å². The number of aromatic carboxylic acids is 1. The molecule has 2 aromatic carbocycles. The fourth-order valence-corrected chi connectivity index (χ4v) is 3.86. The second kappa shape index (κ2) is 8.31. The van der Waals surface area contributed by atoms with Crippen molar-refractivity contribution in [2.75, 3.05) is 13.7 Å². The summed E-state index contributed by atoms with van der Waals surface area (Å²) in [4.78, 5) is 30.4. The number of aliphatic imine (C=N–C) groups is 1. The number of amides is 1. The molecular formula is C21H20N2O4S. The highest BCUT2D eigenvalue weighted by Crippen LogP contribution is 2.34. The molecule has 1 N–H and O–H groups in total. The summed E-state index contributed by atoms with van der Waals surface area (Å²) in [5.41, 5.74) is 2.70. The Morgan fingerprint density at radius 3 is 2.54 bits per heavy atom. The first-order valence-electron chi connectivity index (χ1n) is 8.71. The Balaban J connectivity index is 1.89. The van der Waals surface area contributed by atoms with Gasteiger partial charge in [-0.2, -0.15) is 0 Å². The van der Waals surface area contributed by atoms with Gasteiger partial charge in [-0.15, -0.1) is 0 Å². The predicted octanol–water partition coefficient (Wildman–Crippen LogP) is 4.33. The van der Waals surface area contributed by atoms with Gasteiger partial charge in [0, 0.05) is 6.54 Å². The lowest BCUT2D eigenvalue weighted by Gasteiger charge is -2.12. The van der Waals surface area contributed by atoms with E-state index in [1.165, 1.54) is 23.9 Å². The third kappa shape index (κ3) is 4.09. The SMILES string of the molecule is CCN1C(=O)/C(=C/c2ccc(OC)c(C)c2)SC1=Nc1ccc(C(=O)O)cc1. The van der Waals surface area contributed by atoms with Crippen LogP contribution in [0.2, 0.25) is 0 Å². The lowest BCUT2D eigenvalue weighted by atomic mass is 10.1. The number of hydrogen-bond donors (Lipinski definition) is 1. The molecule has 1 heterocycles. The van der Waals surface area contributed by atoms with E-state index in [1.807, 2.05) is 38.1 Å². The van der Waals surface area contributed by atoms with Crippen LogP contribution in [0, 0.1) is 6.92 Å². The van der Waals surface area contributed by atoms with Gasteiger partial charge in [0.15, 0.2) is 5.17 Å². The van der Waals surface area contributed by atoms with E-state index < -0.39 is 5.97 Å². The summed E-state index contributed by atoms with van der Waals surface area (Å²) >= 11 is 1.31. The van der Waals surface area contributed by atoms with Crippen LogP contribution < -0.4 is 4.74 Å². The maximum Gasteiger partial charge on any atom is 0.335 e. The Morgan fingerprint density at radius 2 is 1.96 bits per heavy atom. The predicted molar refractivity (Wildman–Crippen MR) is 111 cm³/mol. The van der Waals surface area contributed by atoms with Gasteiger partial charge in [-0.25, -0.2) is 9.79 Å². The van der Waals surface area contributed by atoms with E-state index in [2.05, 4.69) is 4.99 Å². The minimum atomic E-state index is -0.986. The van der Waals surface area contributed by atoms with Crippen LogP contribution in [0.15, 0.2) is 52.4 Å². The second-order valence-corrected chi connectivity index (χ2v) is 7.14. The molecule has 7 heteroatoms. The summed E-state index contributed by atoms with van der Waals surface area (Å²) < 4.78 is 5.28. The molecule has 6 nitrogen and oxygen atoms in total.